The van der Waals surface area contributed by atoms with Gasteiger partial charge in [0, 0.05) is 30.4 Å². The normalized spacial score (nSPS) is 16.9. The molecule has 0 aliphatic carbocycles. The van der Waals surface area contributed by atoms with E-state index in [0.717, 1.165) is 45.4 Å². The van der Waals surface area contributed by atoms with Crippen LogP contribution in [-0.4, -0.2) is 30.4 Å². The van der Waals surface area contributed by atoms with E-state index in [-0.39, 0.29) is 30.0 Å². The summed E-state index contributed by atoms with van der Waals surface area (Å²) in [4.78, 5) is 14.9. The SMILES string of the molecule is Cl.O=C(Nc1cccc(F)c1)C1CCN(Cc2cccc3c2NCC3)CC1. The number of carbonyl (C=O) groups is 1. The zero-order valence-electron chi connectivity index (χ0n) is 15.2. The van der Waals surface area contributed by atoms with Crippen LogP contribution in [0.1, 0.15) is 24.0 Å². The van der Waals surface area contributed by atoms with Gasteiger partial charge in [-0.05, 0) is 61.7 Å². The lowest BCUT2D eigenvalue weighted by Crippen LogP contribution is -2.37. The number of likely N-dealkylation sites (tertiary alicyclic amines) is 1. The van der Waals surface area contributed by atoms with E-state index in [1.54, 1.807) is 12.1 Å². The molecule has 2 aliphatic heterocycles. The van der Waals surface area contributed by atoms with Gasteiger partial charge in [0.25, 0.3) is 0 Å². The van der Waals surface area contributed by atoms with Crippen LogP contribution >= 0.6 is 12.4 Å². The maximum Gasteiger partial charge on any atom is 0.227 e. The van der Waals surface area contributed by atoms with Crippen LogP contribution in [-0.2, 0) is 17.8 Å². The van der Waals surface area contributed by atoms with Crippen LogP contribution in [0, 0.1) is 11.7 Å². The topological polar surface area (TPSA) is 44.4 Å². The van der Waals surface area contributed by atoms with Crippen molar-refractivity contribution in [1.29, 1.82) is 0 Å². The highest BCUT2D eigenvalue weighted by atomic mass is 35.5. The molecular weight excluding hydrogens is 365 g/mol. The van der Waals surface area contributed by atoms with Gasteiger partial charge in [-0.3, -0.25) is 9.69 Å². The summed E-state index contributed by atoms with van der Waals surface area (Å²) in [5.41, 5.74) is 4.59. The number of halogens is 2. The maximum atomic E-state index is 13.2. The molecule has 2 heterocycles. The number of nitrogens with one attached hydrogen (secondary N) is 2. The summed E-state index contributed by atoms with van der Waals surface area (Å²) in [6, 6.07) is 12.6. The summed E-state index contributed by atoms with van der Waals surface area (Å²) in [7, 11) is 0. The van der Waals surface area contributed by atoms with Gasteiger partial charge in [-0.25, -0.2) is 4.39 Å². The first-order valence-electron chi connectivity index (χ1n) is 9.32. The lowest BCUT2D eigenvalue weighted by atomic mass is 9.95. The first kappa shape index (κ1) is 19.6. The molecule has 27 heavy (non-hydrogen) atoms. The number of benzene rings is 2. The summed E-state index contributed by atoms with van der Waals surface area (Å²) in [6.07, 6.45) is 2.78. The zero-order valence-corrected chi connectivity index (χ0v) is 16.0. The molecule has 2 aromatic rings. The Bertz CT molecular complexity index is 806. The van der Waals surface area contributed by atoms with Crippen molar-refractivity contribution in [2.45, 2.75) is 25.8 Å². The Morgan fingerprint density at radius 3 is 2.74 bits per heavy atom. The molecule has 0 bridgehead atoms. The van der Waals surface area contributed by atoms with Crippen molar-refractivity contribution in [2.24, 2.45) is 5.92 Å². The van der Waals surface area contributed by atoms with Gasteiger partial charge in [0.15, 0.2) is 0 Å². The molecule has 144 valence electrons. The van der Waals surface area contributed by atoms with E-state index >= 15 is 0 Å². The fourth-order valence-electron chi connectivity index (χ4n) is 3.95. The van der Waals surface area contributed by atoms with Gasteiger partial charge in [0.05, 0.1) is 0 Å². The van der Waals surface area contributed by atoms with Crippen molar-refractivity contribution < 1.29 is 9.18 Å². The first-order chi connectivity index (χ1) is 12.7. The van der Waals surface area contributed by atoms with Crippen LogP contribution in [0.3, 0.4) is 0 Å². The second kappa shape index (κ2) is 8.72. The number of anilines is 2. The highest BCUT2D eigenvalue weighted by Gasteiger charge is 2.26. The molecule has 0 spiro atoms. The van der Waals surface area contributed by atoms with Gasteiger partial charge in [-0.15, -0.1) is 12.4 Å². The number of piperidine rings is 1. The lowest BCUT2D eigenvalue weighted by Gasteiger charge is -2.31. The van der Waals surface area contributed by atoms with Crippen LogP contribution in [0.4, 0.5) is 15.8 Å². The van der Waals surface area contributed by atoms with E-state index in [2.05, 4.69) is 33.7 Å². The fraction of sp³-hybridized carbons (Fsp3) is 0.381. The van der Waals surface area contributed by atoms with Crippen molar-refractivity contribution in [2.75, 3.05) is 30.3 Å². The van der Waals surface area contributed by atoms with E-state index in [1.165, 1.54) is 28.9 Å². The minimum Gasteiger partial charge on any atom is -0.384 e. The average molecular weight is 390 g/mol. The van der Waals surface area contributed by atoms with Gasteiger partial charge in [-0.1, -0.05) is 24.3 Å². The maximum absolute atomic E-state index is 13.2. The van der Waals surface area contributed by atoms with Crippen molar-refractivity contribution in [3.05, 3.63) is 59.4 Å². The lowest BCUT2D eigenvalue weighted by molar-refractivity contribution is -0.121. The molecule has 0 unspecified atom stereocenters. The summed E-state index contributed by atoms with van der Waals surface area (Å²) < 4.78 is 13.2. The van der Waals surface area contributed by atoms with Gasteiger partial charge in [0.2, 0.25) is 5.91 Å². The summed E-state index contributed by atoms with van der Waals surface area (Å²) >= 11 is 0. The quantitative estimate of drug-likeness (QED) is 0.828. The Hall–Kier alpha value is -2.11. The largest absolute Gasteiger partial charge is 0.384 e. The molecule has 1 fully saturated rings. The number of para-hydroxylation sites is 1. The van der Waals surface area contributed by atoms with Gasteiger partial charge in [-0.2, -0.15) is 0 Å². The highest BCUT2D eigenvalue weighted by Crippen LogP contribution is 2.29. The highest BCUT2D eigenvalue weighted by molar-refractivity contribution is 5.92. The van der Waals surface area contributed by atoms with Crippen molar-refractivity contribution in [3.8, 4) is 0 Å². The Labute approximate surface area is 165 Å². The van der Waals surface area contributed by atoms with E-state index in [9.17, 15) is 9.18 Å². The number of fused-ring (bicyclic) bond motifs is 1. The minimum atomic E-state index is -0.332. The third kappa shape index (κ3) is 4.60. The van der Waals surface area contributed by atoms with E-state index in [0.29, 0.717) is 5.69 Å². The molecule has 1 amide bonds. The molecular formula is C21H25ClFN3O. The van der Waals surface area contributed by atoms with Crippen molar-refractivity contribution >= 4 is 29.7 Å². The van der Waals surface area contributed by atoms with Gasteiger partial charge < -0.3 is 10.6 Å². The molecule has 4 rings (SSSR count). The van der Waals surface area contributed by atoms with Gasteiger partial charge in [0.1, 0.15) is 5.82 Å². The number of carbonyl (C=O) groups excluding carboxylic acids is 1. The van der Waals surface area contributed by atoms with E-state index < -0.39 is 0 Å². The van der Waals surface area contributed by atoms with Crippen LogP contribution in [0.25, 0.3) is 0 Å². The second-order valence-electron chi connectivity index (χ2n) is 7.18. The Kier molecular flexibility index (Phi) is 6.34. The molecule has 0 aromatic heterocycles. The number of amides is 1. The Morgan fingerprint density at radius 1 is 1.19 bits per heavy atom. The molecule has 2 aromatic carbocycles. The summed E-state index contributed by atoms with van der Waals surface area (Å²) in [5, 5.41) is 6.34. The average Bonchev–Trinajstić information content (AvgIpc) is 3.12. The number of nitrogens with zero attached hydrogens (tertiary/aromatic N) is 1. The predicted octanol–water partition coefficient (Wildman–Crippen LogP) is 4.07. The molecule has 2 N–H and O–H groups in total. The Balaban J connectivity index is 0.00000210. The van der Waals surface area contributed by atoms with Crippen LogP contribution in [0.15, 0.2) is 42.5 Å². The summed E-state index contributed by atoms with van der Waals surface area (Å²) in [6.45, 7) is 3.76. The molecule has 6 heteroatoms. The Morgan fingerprint density at radius 2 is 1.96 bits per heavy atom. The molecule has 2 aliphatic rings. The van der Waals surface area contributed by atoms with Crippen LogP contribution in [0.5, 0.6) is 0 Å². The monoisotopic (exact) mass is 389 g/mol. The van der Waals surface area contributed by atoms with E-state index in [4.69, 9.17) is 0 Å². The first-order valence-corrected chi connectivity index (χ1v) is 9.32. The summed E-state index contributed by atoms with van der Waals surface area (Å²) in [5.74, 6) is -0.340. The van der Waals surface area contributed by atoms with Crippen LogP contribution < -0.4 is 10.6 Å². The minimum absolute atomic E-state index is 0. The van der Waals surface area contributed by atoms with Crippen LogP contribution in [0.2, 0.25) is 0 Å². The predicted molar refractivity (Wildman–Crippen MR) is 109 cm³/mol. The second-order valence-corrected chi connectivity index (χ2v) is 7.18. The van der Waals surface area contributed by atoms with Gasteiger partial charge >= 0.3 is 0 Å². The third-order valence-corrected chi connectivity index (χ3v) is 5.38. The van der Waals surface area contributed by atoms with Crippen molar-refractivity contribution in [1.82, 2.24) is 4.90 Å². The third-order valence-electron chi connectivity index (χ3n) is 5.38. The number of rotatable bonds is 4. The molecule has 4 nitrogen and oxygen atoms in total. The molecule has 0 atom stereocenters. The molecule has 0 saturated carbocycles. The number of hydrogen-bond donors (Lipinski definition) is 2. The fourth-order valence-corrected chi connectivity index (χ4v) is 3.95. The molecule has 0 radical (unpaired) electrons. The standard InChI is InChI=1S/C21H24FN3O.ClH/c22-18-5-2-6-19(13-18)24-21(26)16-8-11-25(12-9-16)14-17-4-1-3-15-7-10-23-20(15)17;/h1-6,13,16,23H,7-12,14H2,(H,24,26);1H. The number of hydrogen-bond acceptors (Lipinski definition) is 3. The smallest absolute Gasteiger partial charge is 0.227 e. The van der Waals surface area contributed by atoms with E-state index in [1.807, 2.05) is 0 Å². The zero-order chi connectivity index (χ0) is 17.9. The van der Waals surface area contributed by atoms with Crippen molar-refractivity contribution in [3.63, 3.8) is 0 Å². The molecule has 1 saturated heterocycles.